The monoisotopic (exact) mass is 219 g/mol. The fourth-order valence-corrected chi connectivity index (χ4v) is 1.53. The van der Waals surface area contributed by atoms with Gasteiger partial charge in [0.15, 0.2) is 5.96 Å². The van der Waals surface area contributed by atoms with Crippen molar-refractivity contribution < 1.29 is 4.74 Å². The van der Waals surface area contributed by atoms with Gasteiger partial charge in [-0.2, -0.15) is 0 Å². The average Bonchev–Trinajstić information content (AvgIpc) is 2.25. The number of nitrogens with two attached hydrogens (primary N) is 1. The molecule has 0 saturated carbocycles. The maximum Gasteiger partial charge on any atom is 0.193 e. The summed E-state index contributed by atoms with van der Waals surface area (Å²) in [7, 11) is 0. The molecule has 0 aliphatic carbocycles. The Bertz CT molecular complexity index is 371. The fraction of sp³-hybridized carbons (Fsp3) is 0.417. The van der Waals surface area contributed by atoms with Crippen molar-refractivity contribution in [2.24, 2.45) is 16.1 Å². The van der Waals surface area contributed by atoms with Crippen LogP contribution < -0.4 is 11.1 Å². The molecule has 0 unspecified atom stereocenters. The lowest BCUT2D eigenvalue weighted by molar-refractivity contribution is -0.0944. The number of ether oxygens (including phenoxy) is 1. The van der Waals surface area contributed by atoms with E-state index in [1.807, 2.05) is 30.3 Å². The number of guanidine groups is 1. The number of nitrogens with one attached hydrogen (secondary N) is 1. The molecule has 2 rings (SSSR count). The zero-order valence-electron chi connectivity index (χ0n) is 9.44. The van der Waals surface area contributed by atoms with Crippen molar-refractivity contribution >= 4 is 11.6 Å². The molecule has 4 nitrogen and oxygen atoms in total. The van der Waals surface area contributed by atoms with Crippen LogP contribution in [0.5, 0.6) is 0 Å². The summed E-state index contributed by atoms with van der Waals surface area (Å²) in [5, 5.41) is 3.05. The molecule has 1 aromatic rings. The molecule has 3 N–H and O–H groups in total. The summed E-state index contributed by atoms with van der Waals surface area (Å²) in [4.78, 5) is 4.32. The second-order valence-electron chi connectivity index (χ2n) is 4.50. The summed E-state index contributed by atoms with van der Waals surface area (Å²) >= 11 is 0. The summed E-state index contributed by atoms with van der Waals surface area (Å²) in [6, 6.07) is 9.78. The van der Waals surface area contributed by atoms with Gasteiger partial charge in [0.05, 0.1) is 19.8 Å². The van der Waals surface area contributed by atoms with Crippen LogP contribution in [-0.2, 0) is 4.74 Å². The molecule has 0 aromatic heterocycles. The predicted molar refractivity (Wildman–Crippen MR) is 65.5 cm³/mol. The number of anilines is 1. The van der Waals surface area contributed by atoms with Crippen molar-refractivity contribution in [1.29, 1.82) is 0 Å². The molecule has 16 heavy (non-hydrogen) atoms. The van der Waals surface area contributed by atoms with Gasteiger partial charge in [-0.3, -0.25) is 4.99 Å². The minimum Gasteiger partial charge on any atom is -0.380 e. The number of para-hydroxylation sites is 1. The Hall–Kier alpha value is -1.55. The fourth-order valence-electron chi connectivity index (χ4n) is 1.53. The Kier molecular flexibility index (Phi) is 3.10. The first-order chi connectivity index (χ1) is 7.68. The number of nitrogens with zero attached hydrogens (tertiary/aromatic N) is 1. The minimum absolute atomic E-state index is 0.170. The predicted octanol–water partition coefficient (Wildman–Crippen LogP) is 1.45. The van der Waals surface area contributed by atoms with Gasteiger partial charge in [0.1, 0.15) is 0 Å². The highest BCUT2D eigenvalue weighted by Gasteiger charge is 2.32. The van der Waals surface area contributed by atoms with Crippen LogP contribution in [-0.4, -0.2) is 25.7 Å². The van der Waals surface area contributed by atoms with Crippen molar-refractivity contribution in [3.05, 3.63) is 30.3 Å². The summed E-state index contributed by atoms with van der Waals surface area (Å²) < 4.78 is 5.16. The van der Waals surface area contributed by atoms with Crippen LogP contribution in [0, 0.1) is 5.41 Å². The maximum atomic E-state index is 5.79. The zero-order valence-corrected chi connectivity index (χ0v) is 9.44. The standard InChI is InChI=1S/C12H17N3O/c1-12(8-16-9-12)7-14-11(13)15-10-5-3-2-4-6-10/h2-6H,7-9H2,1H3,(H3,13,14,15). The number of hydrogen-bond donors (Lipinski definition) is 2. The molecule has 0 bridgehead atoms. The van der Waals surface area contributed by atoms with Gasteiger partial charge in [0, 0.05) is 11.1 Å². The lowest BCUT2D eigenvalue weighted by Crippen LogP contribution is -2.43. The molecule has 1 saturated heterocycles. The second-order valence-corrected chi connectivity index (χ2v) is 4.50. The molecule has 1 fully saturated rings. The van der Waals surface area contributed by atoms with Crippen molar-refractivity contribution in [2.45, 2.75) is 6.92 Å². The normalized spacial score (nSPS) is 18.9. The molecular weight excluding hydrogens is 202 g/mol. The summed E-state index contributed by atoms with van der Waals surface area (Å²) in [6.45, 7) is 4.40. The molecule has 1 heterocycles. The Morgan fingerprint density at radius 2 is 2.12 bits per heavy atom. The highest BCUT2D eigenvalue weighted by Crippen LogP contribution is 2.26. The van der Waals surface area contributed by atoms with Crippen LogP contribution in [0.4, 0.5) is 5.69 Å². The zero-order chi connectivity index (χ0) is 11.4. The van der Waals surface area contributed by atoms with Crippen LogP contribution in [0.2, 0.25) is 0 Å². The van der Waals surface area contributed by atoms with Crippen molar-refractivity contribution in [2.75, 3.05) is 25.1 Å². The molecule has 86 valence electrons. The first kappa shape index (κ1) is 11.0. The SMILES string of the molecule is CC1(CN=C(N)Nc2ccccc2)COC1. The molecule has 4 heteroatoms. The van der Waals surface area contributed by atoms with Gasteiger partial charge in [-0.05, 0) is 12.1 Å². The molecule has 0 atom stereocenters. The van der Waals surface area contributed by atoms with Crippen molar-refractivity contribution in [1.82, 2.24) is 0 Å². The van der Waals surface area contributed by atoms with E-state index in [-0.39, 0.29) is 5.41 Å². The van der Waals surface area contributed by atoms with Crippen molar-refractivity contribution in [3.63, 3.8) is 0 Å². The Morgan fingerprint density at radius 1 is 1.44 bits per heavy atom. The molecule has 0 radical (unpaired) electrons. The van der Waals surface area contributed by atoms with Gasteiger partial charge in [0.2, 0.25) is 0 Å². The first-order valence-electron chi connectivity index (χ1n) is 5.38. The van der Waals surface area contributed by atoms with Gasteiger partial charge in [0.25, 0.3) is 0 Å². The van der Waals surface area contributed by atoms with Gasteiger partial charge in [-0.15, -0.1) is 0 Å². The minimum atomic E-state index is 0.170. The Balaban J connectivity index is 1.88. The summed E-state index contributed by atoms with van der Waals surface area (Å²) in [6.07, 6.45) is 0. The lowest BCUT2D eigenvalue weighted by Gasteiger charge is -2.36. The van der Waals surface area contributed by atoms with Crippen LogP contribution in [0.25, 0.3) is 0 Å². The van der Waals surface area contributed by atoms with E-state index in [2.05, 4.69) is 17.2 Å². The molecule has 0 spiro atoms. The van der Waals surface area contributed by atoms with E-state index in [9.17, 15) is 0 Å². The van der Waals surface area contributed by atoms with Crippen LogP contribution in [0.1, 0.15) is 6.92 Å². The van der Waals surface area contributed by atoms with Crippen molar-refractivity contribution in [3.8, 4) is 0 Å². The van der Waals surface area contributed by atoms with E-state index in [0.717, 1.165) is 18.9 Å². The number of hydrogen-bond acceptors (Lipinski definition) is 2. The number of benzene rings is 1. The van der Waals surface area contributed by atoms with Crippen LogP contribution in [0.3, 0.4) is 0 Å². The molecule has 0 amide bonds. The molecule has 1 aliphatic rings. The van der Waals surface area contributed by atoms with Gasteiger partial charge in [-0.25, -0.2) is 0 Å². The molecular formula is C12H17N3O. The Morgan fingerprint density at radius 3 is 2.69 bits per heavy atom. The number of aliphatic imine (C=N–C) groups is 1. The Labute approximate surface area is 95.5 Å². The first-order valence-corrected chi connectivity index (χ1v) is 5.38. The topological polar surface area (TPSA) is 59.6 Å². The van der Waals surface area contributed by atoms with E-state index in [4.69, 9.17) is 10.5 Å². The summed E-state index contributed by atoms with van der Waals surface area (Å²) in [5.41, 5.74) is 6.92. The quantitative estimate of drug-likeness (QED) is 0.597. The number of rotatable bonds is 3. The highest BCUT2D eigenvalue weighted by molar-refractivity contribution is 5.92. The van der Waals surface area contributed by atoms with E-state index in [1.165, 1.54) is 0 Å². The van der Waals surface area contributed by atoms with Crippen LogP contribution >= 0.6 is 0 Å². The van der Waals surface area contributed by atoms with E-state index >= 15 is 0 Å². The molecule has 1 aliphatic heterocycles. The highest BCUT2D eigenvalue weighted by atomic mass is 16.5. The van der Waals surface area contributed by atoms with E-state index in [1.54, 1.807) is 0 Å². The third-order valence-electron chi connectivity index (χ3n) is 2.58. The smallest absolute Gasteiger partial charge is 0.193 e. The van der Waals surface area contributed by atoms with Gasteiger partial charge < -0.3 is 15.8 Å². The molecule has 1 aromatic carbocycles. The average molecular weight is 219 g/mol. The van der Waals surface area contributed by atoms with E-state index in [0.29, 0.717) is 12.5 Å². The maximum absolute atomic E-state index is 5.79. The second kappa shape index (κ2) is 4.53. The lowest BCUT2D eigenvalue weighted by atomic mass is 9.89. The van der Waals surface area contributed by atoms with Gasteiger partial charge >= 0.3 is 0 Å². The third-order valence-corrected chi connectivity index (χ3v) is 2.58. The summed E-state index contributed by atoms with van der Waals surface area (Å²) in [5.74, 6) is 0.458. The van der Waals surface area contributed by atoms with Gasteiger partial charge in [-0.1, -0.05) is 25.1 Å². The van der Waals surface area contributed by atoms with Crippen LogP contribution in [0.15, 0.2) is 35.3 Å². The van der Waals surface area contributed by atoms with E-state index < -0.39 is 0 Å². The third kappa shape index (κ3) is 2.73. The largest absolute Gasteiger partial charge is 0.380 e.